The minimum atomic E-state index is 0.0576. The number of imidazole rings is 1. The van der Waals surface area contributed by atoms with Gasteiger partial charge in [-0.3, -0.25) is 0 Å². The van der Waals surface area contributed by atoms with Gasteiger partial charge in [0.2, 0.25) is 5.88 Å². The summed E-state index contributed by atoms with van der Waals surface area (Å²) in [6.07, 6.45) is 3.85. The Kier molecular flexibility index (Phi) is 9.51. The molecule has 0 spiro atoms. The van der Waals surface area contributed by atoms with Crippen LogP contribution in [0.3, 0.4) is 0 Å². The first-order valence-corrected chi connectivity index (χ1v) is 14.0. The fourth-order valence-electron chi connectivity index (χ4n) is 4.75. The van der Waals surface area contributed by atoms with E-state index < -0.39 is 0 Å². The van der Waals surface area contributed by atoms with Crippen LogP contribution in [0.2, 0.25) is 10.0 Å². The van der Waals surface area contributed by atoms with Crippen molar-refractivity contribution in [3.63, 3.8) is 0 Å². The van der Waals surface area contributed by atoms with Crippen LogP contribution in [0.25, 0.3) is 39.2 Å². The molecule has 0 atom stereocenters. The Labute approximate surface area is 248 Å². The molecule has 10 heteroatoms. The fraction of sp³-hybridized carbons (Fsp3) is 0.226. The van der Waals surface area contributed by atoms with Crippen LogP contribution in [0.4, 0.5) is 0 Å². The number of pyridine rings is 2. The molecule has 5 aromatic rings. The zero-order valence-corrected chi connectivity index (χ0v) is 24.1. The molecule has 0 amide bonds. The first kappa shape index (κ1) is 29.0. The quantitative estimate of drug-likeness (QED) is 0.148. The van der Waals surface area contributed by atoms with Crippen molar-refractivity contribution in [3.8, 4) is 39.4 Å². The van der Waals surface area contributed by atoms with Gasteiger partial charge in [-0.05, 0) is 23.8 Å². The summed E-state index contributed by atoms with van der Waals surface area (Å²) in [5.74, 6) is 0.496. The average Bonchev–Trinajstić information content (AvgIpc) is 3.40. The van der Waals surface area contributed by atoms with E-state index in [1.54, 1.807) is 7.11 Å². The lowest BCUT2D eigenvalue weighted by Crippen LogP contribution is -2.18. The number of halogens is 2. The number of hydrogen-bond donors (Lipinski definition) is 4. The van der Waals surface area contributed by atoms with Crippen LogP contribution in [-0.4, -0.2) is 58.0 Å². The average molecular weight is 593 g/mol. The van der Waals surface area contributed by atoms with Gasteiger partial charge in [0, 0.05) is 60.2 Å². The van der Waals surface area contributed by atoms with Crippen molar-refractivity contribution in [1.29, 1.82) is 0 Å². The summed E-state index contributed by atoms with van der Waals surface area (Å²) in [4.78, 5) is 9.20. The van der Waals surface area contributed by atoms with E-state index >= 15 is 0 Å². The van der Waals surface area contributed by atoms with Gasteiger partial charge in [-0.1, -0.05) is 65.7 Å². The van der Waals surface area contributed by atoms with E-state index in [0.29, 0.717) is 47.8 Å². The maximum Gasteiger partial charge on any atom is 0.218 e. The van der Waals surface area contributed by atoms with Gasteiger partial charge in [-0.2, -0.15) is 0 Å². The molecule has 0 radical (unpaired) electrons. The molecule has 0 bridgehead atoms. The van der Waals surface area contributed by atoms with Gasteiger partial charge in [0.1, 0.15) is 5.65 Å². The number of rotatable bonds is 12. The Hall–Kier alpha value is -3.50. The SMILES string of the molecule is COc1nc(-c2cccc(-c3cccc(-c4ccc5ncc(CNCCO)n5c4)c3Cl)c2Cl)ccc1CNCCO. The second-order valence-corrected chi connectivity index (χ2v) is 10.2. The lowest BCUT2D eigenvalue weighted by Gasteiger charge is -2.15. The lowest BCUT2D eigenvalue weighted by molar-refractivity contribution is 0.291. The Bertz CT molecular complexity index is 1660. The maximum absolute atomic E-state index is 9.10. The highest BCUT2D eigenvalue weighted by Crippen LogP contribution is 2.42. The fourth-order valence-corrected chi connectivity index (χ4v) is 5.41. The van der Waals surface area contributed by atoms with Crippen molar-refractivity contribution in [2.24, 2.45) is 0 Å². The van der Waals surface area contributed by atoms with Crippen molar-refractivity contribution in [2.75, 3.05) is 33.4 Å². The molecule has 3 aromatic heterocycles. The molecule has 0 aliphatic carbocycles. The minimum absolute atomic E-state index is 0.0576. The van der Waals surface area contributed by atoms with E-state index in [2.05, 4.69) is 15.6 Å². The molecule has 5 rings (SSSR count). The molecule has 0 unspecified atom stereocenters. The van der Waals surface area contributed by atoms with Crippen LogP contribution in [0.5, 0.6) is 5.88 Å². The number of ether oxygens (including phenoxy) is 1. The topological polar surface area (TPSA) is 104 Å². The van der Waals surface area contributed by atoms with Crippen molar-refractivity contribution in [3.05, 3.63) is 94.4 Å². The summed E-state index contributed by atoms with van der Waals surface area (Å²) in [7, 11) is 1.58. The van der Waals surface area contributed by atoms with Crippen LogP contribution in [-0.2, 0) is 13.1 Å². The standard InChI is InChI=1S/C31H31Cl2N5O3/c1-41-31-20(16-34-12-14-39)8-10-27(37-31)26-7-3-6-25(30(26)33)24-5-2-4-23(29(24)32)21-9-11-28-36-18-22(38(28)19-21)17-35-13-15-40/h2-11,18-19,34-35,39-40H,12-17H2,1H3. The van der Waals surface area contributed by atoms with Crippen LogP contribution in [0.15, 0.2) is 73.1 Å². The van der Waals surface area contributed by atoms with Crippen LogP contribution in [0, 0.1) is 0 Å². The van der Waals surface area contributed by atoms with Gasteiger partial charge in [-0.15, -0.1) is 0 Å². The number of hydrogen-bond acceptors (Lipinski definition) is 7. The monoisotopic (exact) mass is 591 g/mol. The highest BCUT2D eigenvalue weighted by Gasteiger charge is 2.17. The van der Waals surface area contributed by atoms with Gasteiger partial charge in [0.05, 0.1) is 48.0 Å². The molecule has 8 nitrogen and oxygen atoms in total. The number of methoxy groups -OCH3 is 1. The number of aliphatic hydroxyl groups excluding tert-OH is 2. The number of nitrogens with one attached hydrogen (secondary N) is 2. The summed E-state index contributed by atoms with van der Waals surface area (Å²) >= 11 is 14.1. The second-order valence-electron chi connectivity index (χ2n) is 9.40. The Morgan fingerprint density at radius 1 is 0.805 bits per heavy atom. The van der Waals surface area contributed by atoms with Gasteiger partial charge in [0.25, 0.3) is 0 Å². The highest BCUT2D eigenvalue weighted by atomic mass is 35.5. The third-order valence-electron chi connectivity index (χ3n) is 6.79. The van der Waals surface area contributed by atoms with E-state index in [9.17, 15) is 0 Å². The highest BCUT2D eigenvalue weighted by molar-refractivity contribution is 6.39. The third-order valence-corrected chi connectivity index (χ3v) is 7.60. The van der Waals surface area contributed by atoms with Gasteiger partial charge < -0.3 is 30.0 Å². The summed E-state index contributed by atoms with van der Waals surface area (Å²) in [5.41, 5.74) is 7.55. The van der Waals surface area contributed by atoms with E-state index in [0.717, 1.165) is 44.7 Å². The molecule has 212 valence electrons. The maximum atomic E-state index is 9.10. The van der Waals surface area contributed by atoms with Gasteiger partial charge >= 0.3 is 0 Å². The number of nitrogens with zero attached hydrogens (tertiary/aromatic N) is 3. The van der Waals surface area contributed by atoms with E-state index in [1.807, 2.05) is 77.5 Å². The molecule has 3 heterocycles. The number of fused-ring (bicyclic) bond motifs is 1. The molecule has 0 aliphatic heterocycles. The Morgan fingerprint density at radius 2 is 1.46 bits per heavy atom. The first-order chi connectivity index (χ1) is 20.0. The number of aliphatic hydroxyl groups is 2. The van der Waals surface area contributed by atoms with Crippen molar-refractivity contribution in [1.82, 2.24) is 25.0 Å². The van der Waals surface area contributed by atoms with Crippen LogP contribution < -0.4 is 15.4 Å². The molecule has 0 aliphatic rings. The molecular weight excluding hydrogens is 561 g/mol. The predicted octanol–water partition coefficient (Wildman–Crippen LogP) is 5.21. The van der Waals surface area contributed by atoms with E-state index in [4.69, 9.17) is 43.1 Å². The summed E-state index contributed by atoms with van der Waals surface area (Å²) in [6, 6.07) is 19.6. The molecule has 4 N–H and O–H groups in total. The minimum Gasteiger partial charge on any atom is -0.481 e. The summed E-state index contributed by atoms with van der Waals surface area (Å²) in [5, 5.41) is 25.6. The molecular formula is C31H31Cl2N5O3. The van der Waals surface area contributed by atoms with Gasteiger partial charge in [-0.25, -0.2) is 9.97 Å². The normalized spacial score (nSPS) is 11.3. The van der Waals surface area contributed by atoms with Crippen LogP contribution in [0.1, 0.15) is 11.3 Å². The molecule has 41 heavy (non-hydrogen) atoms. The Morgan fingerprint density at radius 3 is 2.17 bits per heavy atom. The third kappa shape index (κ3) is 6.23. The molecule has 0 fully saturated rings. The number of aromatic nitrogens is 3. The second kappa shape index (κ2) is 13.4. The zero-order valence-electron chi connectivity index (χ0n) is 22.6. The van der Waals surface area contributed by atoms with Crippen molar-refractivity contribution >= 4 is 28.8 Å². The largest absolute Gasteiger partial charge is 0.481 e. The Balaban J connectivity index is 1.50. The summed E-state index contributed by atoms with van der Waals surface area (Å²) < 4.78 is 7.56. The smallest absolute Gasteiger partial charge is 0.218 e. The number of benzene rings is 2. The first-order valence-electron chi connectivity index (χ1n) is 13.3. The molecule has 2 aromatic carbocycles. The van der Waals surface area contributed by atoms with Crippen molar-refractivity contribution in [2.45, 2.75) is 13.1 Å². The van der Waals surface area contributed by atoms with Crippen LogP contribution >= 0.6 is 23.2 Å². The van der Waals surface area contributed by atoms with E-state index in [-0.39, 0.29) is 13.2 Å². The molecule has 0 saturated heterocycles. The molecule has 0 saturated carbocycles. The lowest BCUT2D eigenvalue weighted by atomic mass is 9.97. The summed E-state index contributed by atoms with van der Waals surface area (Å²) in [6.45, 7) is 2.24. The van der Waals surface area contributed by atoms with Gasteiger partial charge in [0.15, 0.2) is 0 Å². The van der Waals surface area contributed by atoms with E-state index in [1.165, 1.54) is 0 Å². The zero-order chi connectivity index (χ0) is 28.8. The van der Waals surface area contributed by atoms with Crippen molar-refractivity contribution < 1.29 is 14.9 Å². The predicted molar refractivity (Wildman–Crippen MR) is 163 cm³/mol.